The molecular weight excluding hydrogens is 358 g/mol. The van der Waals surface area contributed by atoms with Crippen molar-refractivity contribution < 1.29 is 18.8 Å². The molecule has 0 N–H and O–H groups in total. The third-order valence-corrected chi connectivity index (χ3v) is 4.32. The molecular formula is C21H23N3O4. The molecule has 0 atom stereocenters. The zero-order chi connectivity index (χ0) is 19.9. The first-order valence-corrected chi connectivity index (χ1v) is 8.96. The van der Waals surface area contributed by atoms with Crippen LogP contribution in [0.4, 0.5) is 0 Å². The van der Waals surface area contributed by atoms with E-state index in [0.717, 1.165) is 11.3 Å². The second-order valence-electron chi connectivity index (χ2n) is 6.36. The molecule has 3 aromatic rings. The van der Waals surface area contributed by atoms with Gasteiger partial charge in [0, 0.05) is 25.6 Å². The van der Waals surface area contributed by atoms with Crippen molar-refractivity contribution in [3.8, 4) is 11.5 Å². The van der Waals surface area contributed by atoms with E-state index in [2.05, 4.69) is 10.1 Å². The highest BCUT2D eigenvalue weighted by Crippen LogP contribution is 2.18. The van der Waals surface area contributed by atoms with Crippen LogP contribution in [0, 0.1) is 6.92 Å². The first-order chi connectivity index (χ1) is 13.6. The summed E-state index contributed by atoms with van der Waals surface area (Å²) in [5.41, 5.74) is 1.66. The highest BCUT2D eigenvalue weighted by Gasteiger charge is 2.15. The maximum atomic E-state index is 12.5. The number of nitrogens with zero attached hydrogens (tertiary/aromatic N) is 3. The van der Waals surface area contributed by atoms with Gasteiger partial charge in [0.1, 0.15) is 11.5 Å². The normalized spacial score (nSPS) is 10.5. The molecule has 0 bridgehead atoms. The molecule has 1 heterocycles. The maximum Gasteiger partial charge on any atom is 0.264 e. The van der Waals surface area contributed by atoms with Crippen molar-refractivity contribution in [3.05, 3.63) is 71.4 Å². The molecule has 28 heavy (non-hydrogen) atoms. The maximum absolute atomic E-state index is 12.5. The Kier molecular flexibility index (Phi) is 6.26. The Bertz CT molecular complexity index is 921. The number of rotatable bonds is 8. The zero-order valence-corrected chi connectivity index (χ0v) is 16.2. The fourth-order valence-electron chi connectivity index (χ4n) is 2.66. The number of amides is 1. The predicted octanol–water partition coefficient (Wildman–Crippen LogP) is 3.28. The van der Waals surface area contributed by atoms with Crippen LogP contribution in [-0.4, -0.2) is 41.6 Å². The average molecular weight is 381 g/mol. The summed E-state index contributed by atoms with van der Waals surface area (Å²) in [6.45, 7) is 2.60. The van der Waals surface area contributed by atoms with Gasteiger partial charge in [-0.05, 0) is 42.8 Å². The number of ether oxygens (including phenoxy) is 2. The van der Waals surface area contributed by atoms with E-state index >= 15 is 0 Å². The first kappa shape index (κ1) is 19.4. The summed E-state index contributed by atoms with van der Waals surface area (Å²) in [5.74, 6) is 2.35. The molecule has 146 valence electrons. The molecule has 0 unspecified atom stereocenters. The van der Waals surface area contributed by atoms with Crippen LogP contribution in [0.25, 0.3) is 0 Å². The van der Waals surface area contributed by atoms with E-state index in [1.165, 1.54) is 0 Å². The van der Waals surface area contributed by atoms with Crippen LogP contribution in [0.3, 0.4) is 0 Å². The fourth-order valence-corrected chi connectivity index (χ4v) is 2.66. The lowest BCUT2D eigenvalue weighted by atomic mass is 10.1. The molecule has 0 aliphatic carbocycles. The van der Waals surface area contributed by atoms with Gasteiger partial charge in [0.2, 0.25) is 0 Å². The van der Waals surface area contributed by atoms with E-state index in [1.807, 2.05) is 55.5 Å². The highest BCUT2D eigenvalue weighted by atomic mass is 16.5. The Morgan fingerprint density at radius 1 is 1.11 bits per heavy atom. The van der Waals surface area contributed by atoms with E-state index in [-0.39, 0.29) is 12.5 Å². The number of hydrogen-bond acceptors (Lipinski definition) is 6. The Balaban J connectivity index is 1.50. The lowest BCUT2D eigenvalue weighted by Crippen LogP contribution is -2.29. The number of aromatic nitrogens is 2. The molecule has 7 heteroatoms. The number of carbonyl (C=O) groups is 1. The molecule has 7 nitrogen and oxygen atoms in total. The summed E-state index contributed by atoms with van der Waals surface area (Å²) in [7, 11) is 3.38. The van der Waals surface area contributed by atoms with Gasteiger partial charge in [-0.1, -0.05) is 23.4 Å². The predicted molar refractivity (Wildman–Crippen MR) is 103 cm³/mol. The van der Waals surface area contributed by atoms with Crippen LogP contribution in [0.1, 0.15) is 27.6 Å². The number of likely N-dealkylation sites (N-methyl/N-ethyl adjacent to an activating group) is 1. The van der Waals surface area contributed by atoms with Gasteiger partial charge in [0.05, 0.1) is 7.11 Å². The molecule has 0 aliphatic heterocycles. The Morgan fingerprint density at radius 3 is 2.54 bits per heavy atom. The van der Waals surface area contributed by atoms with Crippen molar-refractivity contribution in [2.75, 3.05) is 20.7 Å². The van der Waals surface area contributed by atoms with Crippen LogP contribution in [0.5, 0.6) is 11.5 Å². The third-order valence-electron chi connectivity index (χ3n) is 4.32. The summed E-state index contributed by atoms with van der Waals surface area (Å²) >= 11 is 0. The Hall–Kier alpha value is -3.35. The molecule has 0 fully saturated rings. The van der Waals surface area contributed by atoms with Gasteiger partial charge >= 0.3 is 0 Å². The smallest absolute Gasteiger partial charge is 0.264 e. The first-order valence-electron chi connectivity index (χ1n) is 8.96. The van der Waals surface area contributed by atoms with Gasteiger partial charge < -0.3 is 18.9 Å². The lowest BCUT2D eigenvalue weighted by Gasteiger charge is -2.17. The number of benzene rings is 2. The van der Waals surface area contributed by atoms with Crippen LogP contribution in [-0.2, 0) is 13.0 Å². The van der Waals surface area contributed by atoms with E-state index < -0.39 is 0 Å². The monoisotopic (exact) mass is 381 g/mol. The molecule has 1 amide bonds. The van der Waals surface area contributed by atoms with Crippen molar-refractivity contribution in [1.29, 1.82) is 0 Å². The number of aryl methyl sites for hydroxylation is 1. The van der Waals surface area contributed by atoms with Crippen LogP contribution < -0.4 is 9.47 Å². The highest BCUT2D eigenvalue weighted by molar-refractivity contribution is 5.95. The molecule has 2 aromatic carbocycles. The number of hydrogen-bond donors (Lipinski definition) is 0. The molecule has 0 saturated carbocycles. The topological polar surface area (TPSA) is 77.7 Å². The second kappa shape index (κ2) is 9.03. The number of carbonyl (C=O) groups excluding carboxylic acids is 1. The van der Waals surface area contributed by atoms with E-state index in [9.17, 15) is 4.79 Å². The molecule has 0 aliphatic rings. The summed E-state index contributed by atoms with van der Waals surface area (Å²) in [5, 5.41) is 3.95. The van der Waals surface area contributed by atoms with Crippen LogP contribution in [0.15, 0.2) is 53.1 Å². The van der Waals surface area contributed by atoms with E-state index in [1.54, 1.807) is 19.1 Å². The fraction of sp³-hybridized carbons (Fsp3) is 0.286. The summed E-state index contributed by atoms with van der Waals surface area (Å²) in [4.78, 5) is 18.5. The zero-order valence-electron chi connectivity index (χ0n) is 16.2. The minimum absolute atomic E-state index is 0.0235. The molecule has 3 rings (SSSR count). The molecule has 0 radical (unpaired) electrons. The summed E-state index contributed by atoms with van der Waals surface area (Å²) in [6.07, 6.45) is 0.500. The van der Waals surface area contributed by atoms with Crippen molar-refractivity contribution in [2.45, 2.75) is 20.0 Å². The summed E-state index contributed by atoms with van der Waals surface area (Å²) < 4.78 is 15.9. The number of methoxy groups -OCH3 is 1. The average Bonchev–Trinajstić information content (AvgIpc) is 3.18. The molecule has 1 aromatic heterocycles. The van der Waals surface area contributed by atoms with Crippen molar-refractivity contribution in [2.24, 2.45) is 0 Å². The van der Waals surface area contributed by atoms with E-state index in [4.69, 9.17) is 14.0 Å². The Morgan fingerprint density at radius 2 is 1.82 bits per heavy atom. The minimum atomic E-state index is -0.0235. The van der Waals surface area contributed by atoms with Crippen LogP contribution >= 0.6 is 0 Å². The molecule has 0 saturated heterocycles. The lowest BCUT2D eigenvalue weighted by molar-refractivity contribution is 0.0795. The third kappa shape index (κ3) is 4.88. The van der Waals surface area contributed by atoms with Gasteiger partial charge in [0.15, 0.2) is 12.4 Å². The Labute approximate surface area is 163 Å². The van der Waals surface area contributed by atoms with Gasteiger partial charge in [-0.25, -0.2) is 0 Å². The minimum Gasteiger partial charge on any atom is -0.497 e. The second-order valence-corrected chi connectivity index (χ2v) is 6.36. The van der Waals surface area contributed by atoms with Crippen LogP contribution in [0.2, 0.25) is 0 Å². The van der Waals surface area contributed by atoms with Crippen molar-refractivity contribution in [1.82, 2.24) is 15.0 Å². The summed E-state index contributed by atoms with van der Waals surface area (Å²) in [6, 6.07) is 14.8. The molecule has 0 spiro atoms. The largest absolute Gasteiger partial charge is 0.497 e. The van der Waals surface area contributed by atoms with Gasteiger partial charge in [-0.2, -0.15) is 4.98 Å². The van der Waals surface area contributed by atoms with E-state index in [0.29, 0.717) is 36.0 Å². The SMILES string of the molecule is COc1ccc(OCc2nc(CCN(C)C(=O)c3ccccc3C)no2)cc1. The van der Waals surface area contributed by atoms with Gasteiger partial charge in [-0.15, -0.1) is 0 Å². The van der Waals surface area contributed by atoms with Crippen molar-refractivity contribution >= 4 is 5.91 Å². The standard InChI is InChI=1S/C21H23N3O4/c1-15-6-4-5-7-18(15)21(25)24(2)13-12-19-22-20(28-23-19)14-27-17-10-8-16(26-3)9-11-17/h4-11H,12-14H2,1-3H3. The van der Waals surface area contributed by atoms with Gasteiger partial charge in [-0.3, -0.25) is 4.79 Å². The quantitative estimate of drug-likeness (QED) is 0.596. The van der Waals surface area contributed by atoms with Crippen molar-refractivity contribution in [3.63, 3.8) is 0 Å². The van der Waals surface area contributed by atoms with Gasteiger partial charge in [0.25, 0.3) is 11.8 Å².